The normalized spacial score (nSPS) is 12.5. The van der Waals surface area contributed by atoms with Crippen LogP contribution in [0.1, 0.15) is 0 Å². The summed E-state index contributed by atoms with van der Waals surface area (Å²) in [6.07, 6.45) is 0. The van der Waals surface area contributed by atoms with Gasteiger partial charge in [-0.05, 0) is 11.1 Å². The molecule has 0 fully saturated rings. The molecule has 0 N–H and O–H groups in total. The van der Waals surface area contributed by atoms with Gasteiger partial charge in [0.2, 0.25) is 0 Å². The molecule has 0 saturated carbocycles. The van der Waals surface area contributed by atoms with Gasteiger partial charge in [0, 0.05) is 43.4 Å². The van der Waals surface area contributed by atoms with Gasteiger partial charge in [0.05, 0.1) is 33.1 Å². The van der Waals surface area contributed by atoms with E-state index in [0.29, 0.717) is 0 Å². The van der Waals surface area contributed by atoms with Crippen molar-refractivity contribution >= 4 is 65.4 Å². The molecule has 2 nitrogen and oxygen atoms in total. The number of aromatic nitrogens is 2. The van der Waals surface area contributed by atoms with E-state index in [9.17, 15) is 0 Å². The minimum absolute atomic E-state index is 1.25. The Morgan fingerprint density at radius 2 is 0.600 bits per heavy atom. The summed E-state index contributed by atoms with van der Waals surface area (Å²) in [7, 11) is 0. The van der Waals surface area contributed by atoms with Crippen molar-refractivity contribution in [3.63, 3.8) is 0 Å². The summed E-state index contributed by atoms with van der Waals surface area (Å²) >= 11 is 0. The van der Waals surface area contributed by atoms with Gasteiger partial charge in [0.1, 0.15) is 0 Å². The fourth-order valence-corrected chi connectivity index (χ4v) is 7.47. The summed E-state index contributed by atoms with van der Waals surface area (Å²) in [5, 5.41) is 7.86. The molecule has 10 rings (SSSR count). The van der Waals surface area contributed by atoms with E-state index >= 15 is 0 Å². The number of fused-ring (bicyclic) bond motifs is 11. The van der Waals surface area contributed by atoms with Gasteiger partial charge in [0.25, 0.3) is 0 Å². The highest BCUT2D eigenvalue weighted by Gasteiger charge is 2.27. The van der Waals surface area contributed by atoms with Gasteiger partial charge in [-0.25, -0.2) is 0 Å². The molecule has 0 bridgehead atoms. The maximum atomic E-state index is 2.57. The van der Waals surface area contributed by atoms with E-state index in [1.807, 2.05) is 0 Å². The predicted octanol–water partition coefficient (Wildman–Crippen LogP) is 10.2. The lowest BCUT2D eigenvalue weighted by Crippen LogP contribution is -1.86. The number of rotatable bonds is 2. The van der Waals surface area contributed by atoms with Crippen LogP contribution in [0.2, 0.25) is 0 Å². The molecule has 184 valence electrons. The van der Waals surface area contributed by atoms with Crippen molar-refractivity contribution < 1.29 is 0 Å². The van der Waals surface area contributed by atoms with Crippen molar-refractivity contribution in [2.75, 3.05) is 0 Å². The fourth-order valence-electron chi connectivity index (χ4n) is 7.47. The zero-order chi connectivity index (χ0) is 25.9. The van der Waals surface area contributed by atoms with Crippen molar-refractivity contribution in [2.45, 2.75) is 0 Å². The largest absolute Gasteiger partial charge is 0.305 e. The van der Waals surface area contributed by atoms with Crippen LogP contribution in [0.15, 0.2) is 133 Å². The number of nitrogens with zero attached hydrogens (tertiary/aromatic N) is 2. The van der Waals surface area contributed by atoms with E-state index in [1.165, 1.54) is 87.7 Å². The molecule has 4 heterocycles. The number of para-hydroxylation sites is 4. The molecule has 0 atom stereocenters. The highest BCUT2D eigenvalue weighted by Crippen LogP contribution is 2.48. The number of hydrogen-bond donors (Lipinski definition) is 0. The SMILES string of the molecule is c1ccc(-c2cccc3c4cccc5c4n(c23)c2c3cccc4c6cccc(-c7ccccc7)c6n(c43)c52)cc1. The lowest BCUT2D eigenvalue weighted by atomic mass is 10.0. The van der Waals surface area contributed by atoms with Gasteiger partial charge in [-0.1, -0.05) is 133 Å². The summed E-state index contributed by atoms with van der Waals surface area (Å²) in [4.78, 5) is 0. The average molecular weight is 507 g/mol. The van der Waals surface area contributed by atoms with E-state index in [4.69, 9.17) is 0 Å². The zero-order valence-corrected chi connectivity index (χ0v) is 21.6. The van der Waals surface area contributed by atoms with E-state index < -0.39 is 0 Å². The molecule has 0 amide bonds. The summed E-state index contributed by atoms with van der Waals surface area (Å²) in [5.74, 6) is 0. The second kappa shape index (κ2) is 7.19. The Balaban J connectivity index is 1.52. The third-order valence-electron chi connectivity index (χ3n) is 8.97. The molecule has 0 aliphatic rings. The fraction of sp³-hybridized carbons (Fsp3) is 0. The van der Waals surface area contributed by atoms with Crippen LogP contribution in [0.25, 0.3) is 87.7 Å². The summed E-state index contributed by atoms with van der Waals surface area (Å²) in [6, 6.07) is 48.8. The van der Waals surface area contributed by atoms with Crippen molar-refractivity contribution in [1.29, 1.82) is 0 Å². The van der Waals surface area contributed by atoms with Crippen molar-refractivity contribution in [1.82, 2.24) is 8.80 Å². The van der Waals surface area contributed by atoms with Gasteiger partial charge < -0.3 is 8.80 Å². The smallest absolute Gasteiger partial charge is 0.0804 e. The van der Waals surface area contributed by atoms with E-state index in [-0.39, 0.29) is 0 Å². The summed E-state index contributed by atoms with van der Waals surface area (Å²) in [6.45, 7) is 0. The van der Waals surface area contributed by atoms with Crippen LogP contribution in [0.4, 0.5) is 0 Å². The molecule has 0 aliphatic carbocycles. The first-order valence-electron chi connectivity index (χ1n) is 13.9. The Labute approximate surface area is 229 Å². The highest BCUT2D eigenvalue weighted by atomic mass is 15.0. The van der Waals surface area contributed by atoms with Crippen LogP contribution in [0, 0.1) is 0 Å². The minimum Gasteiger partial charge on any atom is -0.305 e. The molecule has 4 aromatic heterocycles. The van der Waals surface area contributed by atoms with E-state index in [1.54, 1.807) is 0 Å². The first-order chi connectivity index (χ1) is 19.9. The van der Waals surface area contributed by atoms with Crippen molar-refractivity contribution in [2.24, 2.45) is 0 Å². The molecular weight excluding hydrogens is 484 g/mol. The quantitative estimate of drug-likeness (QED) is 0.221. The third-order valence-corrected chi connectivity index (χ3v) is 8.97. The van der Waals surface area contributed by atoms with Gasteiger partial charge in [0.15, 0.2) is 0 Å². The Kier molecular flexibility index (Phi) is 3.70. The highest BCUT2D eigenvalue weighted by molar-refractivity contribution is 6.33. The topological polar surface area (TPSA) is 8.82 Å². The first kappa shape index (κ1) is 20.6. The maximum absolute atomic E-state index is 2.57. The minimum atomic E-state index is 1.25. The Morgan fingerprint density at radius 3 is 1.02 bits per heavy atom. The summed E-state index contributed by atoms with van der Waals surface area (Å²) < 4.78 is 5.13. The first-order valence-corrected chi connectivity index (χ1v) is 13.9. The molecule has 40 heavy (non-hydrogen) atoms. The van der Waals surface area contributed by atoms with Crippen LogP contribution >= 0.6 is 0 Å². The molecule has 2 heteroatoms. The van der Waals surface area contributed by atoms with Crippen molar-refractivity contribution in [3.8, 4) is 22.3 Å². The molecular formula is C38H22N2. The molecule has 0 aliphatic heterocycles. The predicted molar refractivity (Wildman–Crippen MR) is 169 cm³/mol. The van der Waals surface area contributed by atoms with E-state index in [2.05, 4.69) is 142 Å². The van der Waals surface area contributed by atoms with Crippen LogP contribution < -0.4 is 0 Å². The van der Waals surface area contributed by atoms with Gasteiger partial charge in [-0.15, -0.1) is 0 Å². The Hall–Kier alpha value is -5.34. The monoisotopic (exact) mass is 506 g/mol. The summed E-state index contributed by atoms with van der Waals surface area (Å²) in [5.41, 5.74) is 12.8. The Morgan fingerprint density at radius 1 is 0.250 bits per heavy atom. The standard InChI is InChI=1S/C38H22N2/c1-3-11-23(12-4-1)25-15-7-17-27-29-19-9-21-31-35(29)39(33(25)27)37-32-22-10-20-30-28-18-8-16-26(24-13-5-2-6-14-24)34(28)40(36(30)32)38(31)37/h1-22H. The molecule has 0 saturated heterocycles. The third kappa shape index (κ3) is 2.33. The van der Waals surface area contributed by atoms with Crippen LogP contribution in [0.5, 0.6) is 0 Å². The molecule has 10 aromatic rings. The zero-order valence-electron chi connectivity index (χ0n) is 21.6. The van der Waals surface area contributed by atoms with E-state index in [0.717, 1.165) is 0 Å². The molecule has 6 aromatic carbocycles. The van der Waals surface area contributed by atoms with Crippen molar-refractivity contribution in [3.05, 3.63) is 133 Å². The lowest BCUT2D eigenvalue weighted by molar-refractivity contribution is 1.37. The number of benzene rings is 6. The van der Waals surface area contributed by atoms with Gasteiger partial charge in [-0.3, -0.25) is 0 Å². The van der Waals surface area contributed by atoms with Gasteiger partial charge in [-0.2, -0.15) is 0 Å². The van der Waals surface area contributed by atoms with Gasteiger partial charge >= 0.3 is 0 Å². The lowest BCUT2D eigenvalue weighted by Gasteiger charge is -2.07. The molecule has 0 spiro atoms. The second-order valence-corrected chi connectivity index (χ2v) is 10.9. The van der Waals surface area contributed by atoms with Crippen LogP contribution in [-0.2, 0) is 0 Å². The molecule has 0 unspecified atom stereocenters. The number of hydrogen-bond acceptors (Lipinski definition) is 0. The maximum Gasteiger partial charge on any atom is 0.0804 e. The molecule has 0 radical (unpaired) electrons. The van der Waals surface area contributed by atoms with Crippen LogP contribution in [0.3, 0.4) is 0 Å². The van der Waals surface area contributed by atoms with Crippen LogP contribution in [-0.4, -0.2) is 8.80 Å². The second-order valence-electron chi connectivity index (χ2n) is 10.9. The average Bonchev–Trinajstić information content (AvgIpc) is 3.74. The Bertz CT molecular complexity index is 2380.